The summed E-state index contributed by atoms with van der Waals surface area (Å²) >= 11 is 0. The van der Waals surface area contributed by atoms with Gasteiger partial charge >= 0.3 is 11.9 Å². The quantitative estimate of drug-likeness (QED) is 0.111. The van der Waals surface area contributed by atoms with Gasteiger partial charge in [-0.2, -0.15) is 0 Å². The van der Waals surface area contributed by atoms with E-state index in [0.717, 1.165) is 57.8 Å². The maximum Gasteiger partial charge on any atom is 0.308 e. The van der Waals surface area contributed by atoms with Gasteiger partial charge in [0.2, 0.25) is 0 Å². The number of hydrogen-bond donors (Lipinski definition) is 0. The van der Waals surface area contributed by atoms with Crippen molar-refractivity contribution in [3.05, 3.63) is 0 Å². The Bertz CT molecular complexity index is 459. The van der Waals surface area contributed by atoms with Crippen LogP contribution in [0.15, 0.2) is 0 Å². The minimum atomic E-state index is -0.0246. The molecule has 1 atom stereocenters. The molecule has 0 spiro atoms. The van der Waals surface area contributed by atoms with E-state index in [1.165, 1.54) is 44.9 Å². The third kappa shape index (κ3) is 22.5. The molecule has 0 aromatic rings. The number of unbranched alkanes of at least 4 members (excludes halogenated alkanes) is 9. The Labute approximate surface area is 206 Å². The predicted molar refractivity (Wildman–Crippen MR) is 139 cm³/mol. The van der Waals surface area contributed by atoms with Gasteiger partial charge < -0.3 is 9.47 Å². The van der Waals surface area contributed by atoms with E-state index in [2.05, 4.69) is 34.6 Å². The van der Waals surface area contributed by atoms with Crippen molar-refractivity contribution in [2.75, 3.05) is 13.2 Å². The Morgan fingerprint density at radius 3 is 1.52 bits per heavy atom. The van der Waals surface area contributed by atoms with Crippen LogP contribution in [-0.4, -0.2) is 25.2 Å². The number of carbonyl (C=O) groups excluding carboxylic acids is 2. The number of hydrogen-bond acceptors (Lipinski definition) is 4. The monoisotopic (exact) mass is 468 g/mol. The van der Waals surface area contributed by atoms with Crippen LogP contribution in [0.1, 0.15) is 144 Å². The molecular weight excluding hydrogens is 412 g/mol. The molecule has 0 aliphatic rings. The van der Waals surface area contributed by atoms with Crippen molar-refractivity contribution in [2.24, 2.45) is 17.8 Å². The third-order valence-corrected chi connectivity index (χ3v) is 6.37. The van der Waals surface area contributed by atoms with Crippen LogP contribution in [0, 0.1) is 17.8 Å². The van der Waals surface area contributed by atoms with Gasteiger partial charge in [0.1, 0.15) is 0 Å². The smallest absolute Gasteiger partial charge is 0.308 e. The lowest BCUT2D eigenvalue weighted by Gasteiger charge is -2.14. The molecule has 196 valence electrons. The lowest BCUT2D eigenvalue weighted by molar-refractivity contribution is -0.149. The molecule has 0 N–H and O–H groups in total. The van der Waals surface area contributed by atoms with E-state index >= 15 is 0 Å². The molecule has 0 aliphatic heterocycles. The zero-order chi connectivity index (χ0) is 24.7. The molecule has 0 fully saturated rings. The van der Waals surface area contributed by atoms with E-state index in [-0.39, 0.29) is 17.9 Å². The molecule has 1 unspecified atom stereocenters. The molecule has 0 aromatic heterocycles. The molecule has 0 saturated heterocycles. The molecule has 0 bridgehead atoms. The first-order chi connectivity index (χ1) is 15.9. The number of esters is 2. The maximum atomic E-state index is 12.2. The molecule has 4 heteroatoms. The highest BCUT2D eigenvalue weighted by molar-refractivity contribution is 5.72. The van der Waals surface area contributed by atoms with E-state index in [0.29, 0.717) is 31.5 Å². The standard InChI is InChI=1S/C29H56O4/c1-6-27(29(31)33-24-18-20-26(4)5)21-15-13-11-9-7-8-10-12-14-16-22-28(30)32-23-17-19-25(2)3/h25-27H,6-24H2,1-5H3. The van der Waals surface area contributed by atoms with Gasteiger partial charge in [-0.05, 0) is 56.8 Å². The minimum Gasteiger partial charge on any atom is -0.466 e. The first-order valence-electron chi connectivity index (χ1n) is 14.2. The average Bonchev–Trinajstić information content (AvgIpc) is 2.77. The van der Waals surface area contributed by atoms with Crippen LogP contribution in [0.2, 0.25) is 0 Å². The van der Waals surface area contributed by atoms with Gasteiger partial charge in [-0.3, -0.25) is 9.59 Å². The molecule has 4 nitrogen and oxygen atoms in total. The average molecular weight is 469 g/mol. The molecule has 33 heavy (non-hydrogen) atoms. The predicted octanol–water partition coefficient (Wildman–Crippen LogP) is 8.65. The number of carbonyl (C=O) groups is 2. The lowest BCUT2D eigenvalue weighted by Crippen LogP contribution is -2.18. The van der Waals surface area contributed by atoms with Crippen LogP contribution in [-0.2, 0) is 19.1 Å². The van der Waals surface area contributed by atoms with Crippen molar-refractivity contribution < 1.29 is 19.1 Å². The van der Waals surface area contributed by atoms with E-state index in [1.807, 2.05) is 0 Å². The van der Waals surface area contributed by atoms with Crippen molar-refractivity contribution in [3.8, 4) is 0 Å². The largest absolute Gasteiger partial charge is 0.466 e. The fraction of sp³-hybridized carbons (Fsp3) is 0.931. The Hall–Kier alpha value is -1.06. The third-order valence-electron chi connectivity index (χ3n) is 6.37. The van der Waals surface area contributed by atoms with Crippen LogP contribution in [0.25, 0.3) is 0 Å². The molecule has 0 aliphatic carbocycles. The molecular formula is C29H56O4. The molecule has 0 heterocycles. The lowest BCUT2D eigenvalue weighted by atomic mass is 9.97. The summed E-state index contributed by atoms with van der Waals surface area (Å²) in [6.45, 7) is 12.1. The Kier molecular flexibility index (Phi) is 22.0. The van der Waals surface area contributed by atoms with Gasteiger partial charge in [-0.1, -0.05) is 92.4 Å². The summed E-state index contributed by atoms with van der Waals surface area (Å²) in [6, 6.07) is 0. The van der Waals surface area contributed by atoms with Gasteiger partial charge in [0, 0.05) is 6.42 Å². The van der Waals surface area contributed by atoms with Gasteiger partial charge in [0.15, 0.2) is 0 Å². The van der Waals surface area contributed by atoms with Crippen molar-refractivity contribution >= 4 is 11.9 Å². The summed E-state index contributed by atoms with van der Waals surface area (Å²) in [7, 11) is 0. The Morgan fingerprint density at radius 2 is 1.03 bits per heavy atom. The highest BCUT2D eigenvalue weighted by atomic mass is 16.5. The molecule has 0 rings (SSSR count). The molecule has 0 amide bonds. The van der Waals surface area contributed by atoms with Crippen molar-refractivity contribution in [1.29, 1.82) is 0 Å². The zero-order valence-electron chi connectivity index (χ0n) is 22.8. The summed E-state index contributed by atoms with van der Waals surface area (Å²) in [5, 5.41) is 0. The van der Waals surface area contributed by atoms with Gasteiger partial charge in [0.05, 0.1) is 19.1 Å². The highest BCUT2D eigenvalue weighted by Crippen LogP contribution is 2.18. The topological polar surface area (TPSA) is 52.6 Å². The number of rotatable bonds is 23. The number of ether oxygens (including phenoxy) is 2. The molecule has 0 aromatic carbocycles. The van der Waals surface area contributed by atoms with Crippen molar-refractivity contribution in [3.63, 3.8) is 0 Å². The van der Waals surface area contributed by atoms with E-state index < -0.39 is 0 Å². The van der Waals surface area contributed by atoms with Gasteiger partial charge in [0.25, 0.3) is 0 Å². The van der Waals surface area contributed by atoms with E-state index in [1.54, 1.807) is 0 Å². The van der Waals surface area contributed by atoms with Gasteiger partial charge in [-0.25, -0.2) is 0 Å². The second-order valence-electron chi connectivity index (χ2n) is 10.6. The second kappa shape index (κ2) is 22.7. The first kappa shape index (κ1) is 31.9. The summed E-state index contributed by atoms with van der Waals surface area (Å²) in [4.78, 5) is 23.9. The summed E-state index contributed by atoms with van der Waals surface area (Å²) in [5.74, 6) is 1.42. The normalized spacial score (nSPS) is 12.3. The van der Waals surface area contributed by atoms with E-state index in [4.69, 9.17) is 9.47 Å². The van der Waals surface area contributed by atoms with Crippen molar-refractivity contribution in [1.82, 2.24) is 0 Å². The Balaban J connectivity index is 3.45. The van der Waals surface area contributed by atoms with Gasteiger partial charge in [-0.15, -0.1) is 0 Å². The molecule has 0 radical (unpaired) electrons. The maximum absolute atomic E-state index is 12.2. The van der Waals surface area contributed by atoms with E-state index in [9.17, 15) is 9.59 Å². The highest BCUT2D eigenvalue weighted by Gasteiger charge is 2.17. The van der Waals surface area contributed by atoms with Crippen LogP contribution in [0.5, 0.6) is 0 Å². The molecule has 0 saturated carbocycles. The minimum absolute atomic E-state index is 0.0145. The summed E-state index contributed by atoms with van der Waals surface area (Å²) < 4.78 is 10.8. The second-order valence-corrected chi connectivity index (χ2v) is 10.6. The van der Waals surface area contributed by atoms with Crippen LogP contribution in [0.3, 0.4) is 0 Å². The van der Waals surface area contributed by atoms with Crippen LogP contribution < -0.4 is 0 Å². The summed E-state index contributed by atoms with van der Waals surface area (Å²) in [6.07, 6.45) is 18.7. The van der Waals surface area contributed by atoms with Crippen LogP contribution in [0.4, 0.5) is 0 Å². The van der Waals surface area contributed by atoms with Crippen molar-refractivity contribution in [2.45, 2.75) is 144 Å². The Morgan fingerprint density at radius 1 is 0.576 bits per heavy atom. The first-order valence-corrected chi connectivity index (χ1v) is 14.2. The summed E-state index contributed by atoms with van der Waals surface area (Å²) in [5.41, 5.74) is 0. The fourth-order valence-electron chi connectivity index (χ4n) is 4.09. The van der Waals surface area contributed by atoms with Crippen LogP contribution >= 0.6 is 0 Å². The zero-order valence-corrected chi connectivity index (χ0v) is 22.8. The fourth-order valence-corrected chi connectivity index (χ4v) is 4.09. The SMILES string of the molecule is CCC(CCCCCCCCCCCCC(=O)OCCCC(C)C)C(=O)OCCCC(C)C.